The summed E-state index contributed by atoms with van der Waals surface area (Å²) in [5.41, 5.74) is 7.33. The number of nitrogens with one attached hydrogen (secondary N) is 1. The normalized spacial score (nSPS) is 12.6. The van der Waals surface area contributed by atoms with E-state index < -0.39 is 12.0 Å². The lowest BCUT2D eigenvalue weighted by Gasteiger charge is -2.05. The molecule has 5 heteroatoms. The average Bonchev–Trinajstić information content (AvgIpc) is 2.71. The first-order chi connectivity index (χ1) is 8.11. The van der Waals surface area contributed by atoms with Crippen LogP contribution in [0.5, 0.6) is 5.75 Å². The Bertz CT molecular complexity index is 548. The fourth-order valence-corrected chi connectivity index (χ4v) is 1.79. The van der Waals surface area contributed by atoms with Crippen molar-refractivity contribution in [1.29, 1.82) is 0 Å². The molecule has 0 fully saturated rings. The molecule has 0 bridgehead atoms. The van der Waals surface area contributed by atoms with E-state index in [2.05, 4.69) is 4.98 Å². The second-order valence-electron chi connectivity index (χ2n) is 3.87. The molecule has 90 valence electrons. The minimum absolute atomic E-state index is 0.307. The number of carboxylic acid groups (broad SMARTS) is 1. The summed E-state index contributed by atoms with van der Waals surface area (Å²) < 4.78 is 5.11. The Morgan fingerprint density at radius 1 is 1.59 bits per heavy atom. The Labute approximate surface area is 98.2 Å². The predicted molar refractivity (Wildman–Crippen MR) is 64.2 cm³/mol. The molecule has 0 aliphatic heterocycles. The van der Waals surface area contributed by atoms with Crippen molar-refractivity contribution in [2.75, 3.05) is 7.11 Å². The molecule has 4 N–H and O–H groups in total. The molecule has 0 saturated heterocycles. The van der Waals surface area contributed by atoms with Gasteiger partial charge in [0.1, 0.15) is 11.8 Å². The number of hydrogen-bond donors (Lipinski definition) is 3. The van der Waals surface area contributed by atoms with E-state index in [0.29, 0.717) is 6.42 Å². The number of fused-ring (bicyclic) bond motifs is 1. The first-order valence-corrected chi connectivity index (χ1v) is 5.24. The van der Waals surface area contributed by atoms with Crippen molar-refractivity contribution in [1.82, 2.24) is 4.98 Å². The summed E-state index contributed by atoms with van der Waals surface area (Å²) in [7, 11) is 1.60. The average molecular weight is 234 g/mol. The number of ether oxygens (including phenoxy) is 1. The molecule has 2 aromatic rings. The molecule has 5 nitrogen and oxygen atoms in total. The van der Waals surface area contributed by atoms with Crippen LogP contribution in [0.4, 0.5) is 0 Å². The van der Waals surface area contributed by atoms with Crippen LogP contribution in [-0.2, 0) is 11.2 Å². The monoisotopic (exact) mass is 234 g/mol. The second kappa shape index (κ2) is 4.47. The van der Waals surface area contributed by atoms with Crippen LogP contribution in [0.1, 0.15) is 5.56 Å². The van der Waals surface area contributed by atoms with Gasteiger partial charge in [-0.2, -0.15) is 0 Å². The molecular weight excluding hydrogens is 220 g/mol. The van der Waals surface area contributed by atoms with E-state index in [4.69, 9.17) is 15.6 Å². The standard InChI is InChI=1S/C12H14N2O3/c1-17-8-2-3-9-7(4-10(13)12(15)16)6-14-11(9)5-8/h2-3,5-6,10,14H,4,13H2,1H3,(H,15,16). The lowest BCUT2D eigenvalue weighted by atomic mass is 10.1. The van der Waals surface area contributed by atoms with Gasteiger partial charge in [0.15, 0.2) is 0 Å². The summed E-state index contributed by atoms with van der Waals surface area (Å²) in [5, 5.41) is 9.75. The number of carbonyl (C=O) groups is 1. The number of H-pyrrole nitrogens is 1. The van der Waals surface area contributed by atoms with Crippen LogP contribution in [0, 0.1) is 0 Å². The van der Waals surface area contributed by atoms with Gasteiger partial charge in [0.25, 0.3) is 0 Å². The largest absolute Gasteiger partial charge is 0.497 e. The van der Waals surface area contributed by atoms with Crippen LogP contribution >= 0.6 is 0 Å². The molecule has 17 heavy (non-hydrogen) atoms. The molecule has 2 rings (SSSR count). The molecule has 1 aromatic heterocycles. The smallest absolute Gasteiger partial charge is 0.320 e. The van der Waals surface area contributed by atoms with Crippen LogP contribution in [0.15, 0.2) is 24.4 Å². The minimum atomic E-state index is -0.993. The van der Waals surface area contributed by atoms with Crippen molar-refractivity contribution in [3.8, 4) is 5.75 Å². The number of aromatic nitrogens is 1. The van der Waals surface area contributed by atoms with Gasteiger partial charge >= 0.3 is 5.97 Å². The zero-order chi connectivity index (χ0) is 12.4. The SMILES string of the molecule is COc1ccc2c(CC(N)C(=O)O)c[nH]c2c1. The minimum Gasteiger partial charge on any atom is -0.497 e. The van der Waals surface area contributed by atoms with E-state index in [-0.39, 0.29) is 0 Å². The molecule has 0 radical (unpaired) electrons. The molecule has 0 spiro atoms. The number of benzene rings is 1. The highest BCUT2D eigenvalue weighted by Gasteiger charge is 2.14. The molecule has 0 amide bonds. The molecule has 0 aliphatic rings. The highest BCUT2D eigenvalue weighted by molar-refractivity contribution is 5.85. The molecule has 1 heterocycles. The number of hydrogen-bond acceptors (Lipinski definition) is 3. The number of nitrogens with two attached hydrogens (primary N) is 1. The summed E-state index contributed by atoms with van der Waals surface area (Å²) in [4.78, 5) is 13.8. The zero-order valence-corrected chi connectivity index (χ0v) is 9.43. The van der Waals surface area contributed by atoms with Crippen LogP contribution in [0.25, 0.3) is 10.9 Å². The fraction of sp³-hybridized carbons (Fsp3) is 0.250. The summed E-state index contributed by atoms with van der Waals surface area (Å²) in [6.45, 7) is 0. The Morgan fingerprint density at radius 2 is 2.35 bits per heavy atom. The van der Waals surface area contributed by atoms with E-state index in [1.165, 1.54) is 0 Å². The maximum atomic E-state index is 10.7. The van der Waals surface area contributed by atoms with Crippen LogP contribution in [0.3, 0.4) is 0 Å². The van der Waals surface area contributed by atoms with Crippen molar-refractivity contribution in [3.05, 3.63) is 30.0 Å². The van der Waals surface area contributed by atoms with Gasteiger partial charge in [-0.3, -0.25) is 4.79 Å². The summed E-state index contributed by atoms with van der Waals surface area (Å²) in [6.07, 6.45) is 2.09. The Balaban J connectivity index is 2.33. The summed E-state index contributed by atoms with van der Waals surface area (Å²) >= 11 is 0. The number of rotatable bonds is 4. The lowest BCUT2D eigenvalue weighted by Crippen LogP contribution is -2.32. The van der Waals surface area contributed by atoms with Crippen molar-refractivity contribution in [3.63, 3.8) is 0 Å². The van der Waals surface area contributed by atoms with Crippen LogP contribution in [0.2, 0.25) is 0 Å². The van der Waals surface area contributed by atoms with Gasteiger partial charge in [0.2, 0.25) is 0 Å². The lowest BCUT2D eigenvalue weighted by molar-refractivity contribution is -0.138. The van der Waals surface area contributed by atoms with Gasteiger partial charge < -0.3 is 20.6 Å². The van der Waals surface area contributed by atoms with E-state index in [1.807, 2.05) is 18.2 Å². The first kappa shape index (κ1) is 11.5. The molecule has 1 aromatic carbocycles. The highest BCUT2D eigenvalue weighted by atomic mass is 16.5. The highest BCUT2D eigenvalue weighted by Crippen LogP contribution is 2.23. The molecule has 0 aliphatic carbocycles. The van der Waals surface area contributed by atoms with Gasteiger partial charge in [-0.25, -0.2) is 0 Å². The van der Waals surface area contributed by atoms with Crippen molar-refractivity contribution in [2.45, 2.75) is 12.5 Å². The third-order valence-corrected chi connectivity index (χ3v) is 2.73. The Kier molecular flexibility index (Phi) is 3.01. The summed E-state index contributed by atoms with van der Waals surface area (Å²) in [5.74, 6) is -0.235. The molecule has 0 saturated carbocycles. The second-order valence-corrected chi connectivity index (χ2v) is 3.87. The molecule has 1 atom stereocenters. The number of aliphatic carboxylic acids is 1. The van der Waals surface area contributed by atoms with Crippen molar-refractivity contribution in [2.24, 2.45) is 5.73 Å². The summed E-state index contributed by atoms with van der Waals surface area (Å²) in [6, 6.07) is 4.72. The van der Waals surface area contributed by atoms with Gasteiger partial charge in [0.05, 0.1) is 7.11 Å². The Morgan fingerprint density at radius 3 is 3.00 bits per heavy atom. The topological polar surface area (TPSA) is 88.3 Å². The third-order valence-electron chi connectivity index (χ3n) is 2.73. The Hall–Kier alpha value is -2.01. The fourth-order valence-electron chi connectivity index (χ4n) is 1.79. The number of carboxylic acids is 1. The quantitative estimate of drug-likeness (QED) is 0.740. The zero-order valence-electron chi connectivity index (χ0n) is 9.43. The van der Waals surface area contributed by atoms with Gasteiger partial charge in [0, 0.05) is 29.6 Å². The van der Waals surface area contributed by atoms with Crippen LogP contribution in [-0.4, -0.2) is 29.2 Å². The molecule has 1 unspecified atom stereocenters. The van der Waals surface area contributed by atoms with Crippen LogP contribution < -0.4 is 10.5 Å². The van der Waals surface area contributed by atoms with Gasteiger partial charge in [-0.15, -0.1) is 0 Å². The van der Waals surface area contributed by atoms with Crippen molar-refractivity contribution < 1.29 is 14.6 Å². The van der Waals surface area contributed by atoms with E-state index in [9.17, 15) is 4.79 Å². The van der Waals surface area contributed by atoms with Gasteiger partial charge in [-0.1, -0.05) is 0 Å². The predicted octanol–water partition coefficient (Wildman–Crippen LogP) is 1.13. The van der Waals surface area contributed by atoms with E-state index in [0.717, 1.165) is 22.2 Å². The number of methoxy groups -OCH3 is 1. The van der Waals surface area contributed by atoms with E-state index in [1.54, 1.807) is 13.3 Å². The maximum absolute atomic E-state index is 10.7. The van der Waals surface area contributed by atoms with Crippen molar-refractivity contribution >= 4 is 16.9 Å². The first-order valence-electron chi connectivity index (χ1n) is 5.24. The third kappa shape index (κ3) is 2.24. The van der Waals surface area contributed by atoms with E-state index >= 15 is 0 Å². The molecular formula is C12H14N2O3. The van der Waals surface area contributed by atoms with Gasteiger partial charge in [-0.05, 0) is 17.7 Å². The maximum Gasteiger partial charge on any atom is 0.320 e. The number of aromatic amines is 1.